The molecule has 0 bridgehead atoms. The van der Waals surface area contributed by atoms with Crippen molar-refractivity contribution in [2.45, 2.75) is 17.9 Å². The molecule has 0 unspecified atom stereocenters. The molecule has 0 fully saturated rings. The van der Waals surface area contributed by atoms with E-state index >= 15 is 0 Å². The van der Waals surface area contributed by atoms with Crippen molar-refractivity contribution >= 4 is 10.2 Å². The number of hydrogen-bond acceptors (Lipinski definition) is 0. The molecular weight excluding hydrogens is 184 g/mol. The Bertz CT molecular complexity index is 290. The average Bonchev–Trinajstić information content (AvgIpc) is 2.20. The quantitative estimate of drug-likeness (QED) is 0.508. The molecule has 0 aliphatic carbocycles. The second-order valence-electron chi connectivity index (χ2n) is 3.91. The first kappa shape index (κ1) is 11.0. The van der Waals surface area contributed by atoms with Crippen LogP contribution < -0.4 is 0 Å². The summed E-state index contributed by atoms with van der Waals surface area (Å²) in [5.74, 6) is 0. The summed E-state index contributed by atoms with van der Waals surface area (Å²) >= 11 is 0. The minimum atomic E-state index is 0.296. The van der Waals surface area contributed by atoms with Gasteiger partial charge in [0.05, 0.1) is 0 Å². The molecule has 0 atom stereocenters. The Kier molecular flexibility index (Phi) is 3.90. The van der Waals surface area contributed by atoms with Crippen LogP contribution in [-0.2, 0) is 5.04 Å². The van der Waals surface area contributed by atoms with Gasteiger partial charge >= 0.3 is 0 Å². The van der Waals surface area contributed by atoms with Crippen LogP contribution >= 0.6 is 0 Å². The Morgan fingerprint density at radius 1 is 1.07 bits per heavy atom. The molecule has 0 nitrogen and oxygen atoms in total. The van der Waals surface area contributed by atoms with Crippen LogP contribution in [0, 0.1) is 0 Å². The van der Waals surface area contributed by atoms with E-state index in [0.29, 0.717) is 5.04 Å². The van der Waals surface area contributed by atoms with Crippen LogP contribution in [0.5, 0.6) is 0 Å². The number of benzene rings is 1. The van der Waals surface area contributed by atoms with E-state index in [-0.39, 0.29) is 0 Å². The summed E-state index contributed by atoms with van der Waals surface area (Å²) < 4.78 is 0. The van der Waals surface area contributed by atoms with Crippen LogP contribution in [0.3, 0.4) is 0 Å². The highest BCUT2D eigenvalue weighted by Gasteiger charge is 2.22. The molecule has 0 aliphatic rings. The highest BCUT2D eigenvalue weighted by Crippen LogP contribution is 2.28. The number of rotatable bonds is 5. The summed E-state index contributed by atoms with van der Waals surface area (Å²) in [6.45, 7) is 7.68. The molecule has 0 amide bonds. The maximum Gasteiger partial charge on any atom is 0.0170 e. The molecule has 1 aromatic rings. The smallest absolute Gasteiger partial charge is 0.0170 e. The molecule has 1 heteroatoms. The SMILES string of the molecule is C=CCC([SiH3])(CC=C)c1ccccc1. The molecule has 0 saturated carbocycles. The Morgan fingerprint density at radius 2 is 1.57 bits per heavy atom. The fraction of sp³-hybridized carbons (Fsp3) is 0.231. The van der Waals surface area contributed by atoms with Gasteiger partial charge < -0.3 is 0 Å². The van der Waals surface area contributed by atoms with Crippen molar-refractivity contribution in [1.82, 2.24) is 0 Å². The first-order valence-electron chi connectivity index (χ1n) is 5.00. The van der Waals surface area contributed by atoms with Gasteiger partial charge in [-0.3, -0.25) is 0 Å². The van der Waals surface area contributed by atoms with Gasteiger partial charge in [0.25, 0.3) is 0 Å². The summed E-state index contributed by atoms with van der Waals surface area (Å²) in [7, 11) is 1.13. The Hall–Kier alpha value is -1.08. The van der Waals surface area contributed by atoms with Gasteiger partial charge in [-0.15, -0.1) is 13.2 Å². The molecule has 0 N–H and O–H groups in total. The third-order valence-electron chi connectivity index (χ3n) is 2.66. The van der Waals surface area contributed by atoms with Crippen LogP contribution in [0.2, 0.25) is 0 Å². The highest BCUT2D eigenvalue weighted by molar-refractivity contribution is 6.16. The van der Waals surface area contributed by atoms with Crippen molar-refractivity contribution in [1.29, 1.82) is 0 Å². The molecule has 1 rings (SSSR count). The molecule has 0 spiro atoms. The summed E-state index contributed by atoms with van der Waals surface area (Å²) in [6, 6.07) is 10.7. The van der Waals surface area contributed by atoms with E-state index in [9.17, 15) is 0 Å². The largest absolute Gasteiger partial charge is 0.103 e. The summed E-state index contributed by atoms with van der Waals surface area (Å²) in [5, 5.41) is 0.296. The summed E-state index contributed by atoms with van der Waals surface area (Å²) in [6.07, 6.45) is 6.14. The second-order valence-corrected chi connectivity index (χ2v) is 5.83. The Balaban J connectivity index is 2.98. The van der Waals surface area contributed by atoms with Crippen molar-refractivity contribution in [2.24, 2.45) is 0 Å². The lowest BCUT2D eigenvalue weighted by molar-refractivity contribution is 0.627. The van der Waals surface area contributed by atoms with E-state index in [0.717, 1.165) is 23.1 Å². The maximum atomic E-state index is 3.84. The van der Waals surface area contributed by atoms with E-state index in [1.165, 1.54) is 5.56 Å². The minimum Gasteiger partial charge on any atom is -0.103 e. The lowest BCUT2D eigenvalue weighted by atomic mass is 9.91. The third-order valence-corrected chi connectivity index (χ3v) is 4.05. The van der Waals surface area contributed by atoms with Crippen LogP contribution in [0.4, 0.5) is 0 Å². The van der Waals surface area contributed by atoms with Crippen molar-refractivity contribution in [3.05, 3.63) is 61.2 Å². The molecule has 74 valence electrons. The molecule has 0 saturated heterocycles. The van der Waals surface area contributed by atoms with E-state index in [2.05, 4.69) is 43.5 Å². The summed E-state index contributed by atoms with van der Waals surface area (Å²) in [4.78, 5) is 0. The maximum absolute atomic E-state index is 3.84. The molecule has 14 heavy (non-hydrogen) atoms. The molecule has 0 heterocycles. The minimum absolute atomic E-state index is 0.296. The van der Waals surface area contributed by atoms with Gasteiger partial charge in [-0.2, -0.15) is 0 Å². The van der Waals surface area contributed by atoms with Crippen LogP contribution in [-0.4, -0.2) is 10.2 Å². The van der Waals surface area contributed by atoms with Gasteiger partial charge in [0.2, 0.25) is 0 Å². The summed E-state index contributed by atoms with van der Waals surface area (Å²) in [5.41, 5.74) is 1.42. The van der Waals surface area contributed by atoms with E-state index in [1.807, 2.05) is 12.2 Å². The predicted molar refractivity (Wildman–Crippen MR) is 67.7 cm³/mol. The Labute approximate surface area is 89.8 Å². The molecule has 1 aromatic carbocycles. The standard InChI is InChI=1S/C13H18Si/c1-3-10-13(14,11-4-2)12-8-6-5-7-9-12/h3-9H,1-2,10-11H2,14H3. The first-order valence-corrected chi connectivity index (χ1v) is 6.00. The molecular formula is C13H18Si. The fourth-order valence-electron chi connectivity index (χ4n) is 1.80. The van der Waals surface area contributed by atoms with E-state index in [1.54, 1.807) is 0 Å². The van der Waals surface area contributed by atoms with Gasteiger partial charge in [-0.05, 0) is 23.4 Å². The average molecular weight is 202 g/mol. The predicted octanol–water partition coefficient (Wildman–Crippen LogP) is 2.40. The second kappa shape index (κ2) is 4.96. The zero-order chi connectivity index (χ0) is 10.4. The van der Waals surface area contributed by atoms with Gasteiger partial charge in [-0.1, -0.05) is 42.5 Å². The number of hydrogen-bond donors (Lipinski definition) is 0. The van der Waals surface area contributed by atoms with Gasteiger partial charge in [-0.25, -0.2) is 0 Å². The van der Waals surface area contributed by atoms with Crippen molar-refractivity contribution in [3.8, 4) is 0 Å². The zero-order valence-corrected chi connectivity index (χ0v) is 10.9. The lowest BCUT2D eigenvalue weighted by Gasteiger charge is -2.27. The topological polar surface area (TPSA) is 0 Å². The monoisotopic (exact) mass is 202 g/mol. The molecule has 0 aromatic heterocycles. The van der Waals surface area contributed by atoms with E-state index < -0.39 is 0 Å². The Morgan fingerprint density at radius 3 is 2.00 bits per heavy atom. The van der Waals surface area contributed by atoms with Crippen LogP contribution in [0.1, 0.15) is 18.4 Å². The van der Waals surface area contributed by atoms with Gasteiger partial charge in [0.1, 0.15) is 0 Å². The van der Waals surface area contributed by atoms with Crippen molar-refractivity contribution in [3.63, 3.8) is 0 Å². The fourth-order valence-corrected chi connectivity index (χ4v) is 2.71. The van der Waals surface area contributed by atoms with Gasteiger partial charge in [0, 0.05) is 10.2 Å². The van der Waals surface area contributed by atoms with Crippen molar-refractivity contribution in [2.75, 3.05) is 0 Å². The number of allylic oxidation sites excluding steroid dienone is 2. The van der Waals surface area contributed by atoms with Gasteiger partial charge in [0.15, 0.2) is 0 Å². The van der Waals surface area contributed by atoms with Crippen LogP contribution in [0.15, 0.2) is 55.6 Å². The zero-order valence-electron chi connectivity index (χ0n) is 8.87. The molecule has 0 radical (unpaired) electrons. The first-order chi connectivity index (χ1) is 6.73. The highest BCUT2D eigenvalue weighted by atomic mass is 28.1. The third kappa shape index (κ3) is 2.45. The lowest BCUT2D eigenvalue weighted by Crippen LogP contribution is -2.24. The van der Waals surface area contributed by atoms with Crippen molar-refractivity contribution < 1.29 is 0 Å². The van der Waals surface area contributed by atoms with E-state index in [4.69, 9.17) is 0 Å². The molecule has 0 aliphatic heterocycles. The van der Waals surface area contributed by atoms with Crippen LogP contribution in [0.25, 0.3) is 0 Å². The normalized spacial score (nSPS) is 11.1.